The molecule has 0 aromatic heterocycles. The number of methoxy groups -OCH3 is 1. The van der Waals surface area contributed by atoms with Gasteiger partial charge in [-0.2, -0.15) is 0 Å². The summed E-state index contributed by atoms with van der Waals surface area (Å²) in [5.74, 6) is 1.76. The quantitative estimate of drug-likeness (QED) is 0.717. The van der Waals surface area contributed by atoms with E-state index in [-0.39, 0.29) is 6.04 Å². The van der Waals surface area contributed by atoms with Crippen molar-refractivity contribution < 1.29 is 9.47 Å². The predicted molar refractivity (Wildman–Crippen MR) is 75.5 cm³/mol. The molecule has 1 aromatic rings. The van der Waals surface area contributed by atoms with Gasteiger partial charge in [0.2, 0.25) is 0 Å². The zero-order chi connectivity index (χ0) is 13.4. The van der Waals surface area contributed by atoms with E-state index in [4.69, 9.17) is 9.47 Å². The molecule has 0 aliphatic rings. The van der Waals surface area contributed by atoms with Crippen LogP contribution < -0.4 is 14.8 Å². The van der Waals surface area contributed by atoms with E-state index in [9.17, 15) is 0 Å². The number of rotatable bonds is 8. The van der Waals surface area contributed by atoms with Crippen LogP contribution in [0.25, 0.3) is 0 Å². The minimum Gasteiger partial charge on any atom is -0.497 e. The molecule has 3 nitrogen and oxygen atoms in total. The largest absolute Gasteiger partial charge is 0.497 e. The van der Waals surface area contributed by atoms with Crippen LogP contribution in [0.3, 0.4) is 0 Å². The van der Waals surface area contributed by atoms with Crippen LogP contribution >= 0.6 is 0 Å². The molecule has 0 saturated carbocycles. The van der Waals surface area contributed by atoms with E-state index >= 15 is 0 Å². The van der Waals surface area contributed by atoms with Gasteiger partial charge >= 0.3 is 0 Å². The third-order valence-electron chi connectivity index (χ3n) is 3.13. The van der Waals surface area contributed by atoms with Crippen LogP contribution in [-0.2, 0) is 0 Å². The van der Waals surface area contributed by atoms with E-state index in [2.05, 4.69) is 25.2 Å². The molecule has 102 valence electrons. The van der Waals surface area contributed by atoms with Gasteiger partial charge in [-0.25, -0.2) is 0 Å². The number of hydrogen-bond donors (Lipinski definition) is 1. The van der Waals surface area contributed by atoms with E-state index in [0.29, 0.717) is 0 Å². The monoisotopic (exact) mass is 251 g/mol. The van der Waals surface area contributed by atoms with Crippen molar-refractivity contribution in [1.82, 2.24) is 5.32 Å². The van der Waals surface area contributed by atoms with Crippen molar-refractivity contribution in [2.45, 2.75) is 39.2 Å². The molecule has 0 heterocycles. The Bertz CT molecular complexity index is 352. The van der Waals surface area contributed by atoms with Crippen LogP contribution in [0.1, 0.15) is 44.7 Å². The lowest BCUT2D eigenvalue weighted by atomic mass is 10.1. The van der Waals surface area contributed by atoms with Crippen LogP contribution in [0, 0.1) is 0 Å². The van der Waals surface area contributed by atoms with Gasteiger partial charge in [0.05, 0.1) is 13.7 Å². The molecule has 0 aliphatic heterocycles. The summed E-state index contributed by atoms with van der Waals surface area (Å²) in [6.07, 6.45) is 3.52. The summed E-state index contributed by atoms with van der Waals surface area (Å²) in [6.45, 7) is 5.09. The van der Waals surface area contributed by atoms with E-state index < -0.39 is 0 Å². The molecule has 0 aliphatic carbocycles. The summed E-state index contributed by atoms with van der Waals surface area (Å²) in [6, 6.07) is 6.28. The molecule has 0 fully saturated rings. The highest BCUT2D eigenvalue weighted by Gasteiger charge is 2.11. The molecule has 1 atom stereocenters. The number of hydrogen-bond acceptors (Lipinski definition) is 3. The number of nitrogens with one attached hydrogen (secondary N) is 1. The molecule has 1 rings (SSSR count). The molecule has 0 spiro atoms. The summed E-state index contributed by atoms with van der Waals surface area (Å²) in [7, 11) is 3.63. The molecule has 3 heteroatoms. The van der Waals surface area contributed by atoms with Crippen LogP contribution in [0.15, 0.2) is 18.2 Å². The van der Waals surface area contributed by atoms with Crippen molar-refractivity contribution in [3.8, 4) is 11.5 Å². The van der Waals surface area contributed by atoms with Gasteiger partial charge in [0.15, 0.2) is 0 Å². The molecular weight excluding hydrogens is 226 g/mol. The second-order valence-corrected chi connectivity index (χ2v) is 4.47. The van der Waals surface area contributed by atoms with Crippen LogP contribution in [0.5, 0.6) is 11.5 Å². The van der Waals surface area contributed by atoms with Gasteiger partial charge < -0.3 is 14.8 Å². The normalized spacial score (nSPS) is 12.2. The van der Waals surface area contributed by atoms with E-state index in [1.807, 2.05) is 19.2 Å². The molecule has 1 aromatic carbocycles. The summed E-state index contributed by atoms with van der Waals surface area (Å²) < 4.78 is 11.1. The first-order valence-electron chi connectivity index (χ1n) is 6.71. The van der Waals surface area contributed by atoms with Gasteiger partial charge in [-0.3, -0.25) is 0 Å². The molecule has 0 radical (unpaired) electrons. The molecule has 1 unspecified atom stereocenters. The predicted octanol–water partition coefficient (Wildman–Crippen LogP) is 3.54. The van der Waals surface area contributed by atoms with Gasteiger partial charge in [0.1, 0.15) is 11.5 Å². The van der Waals surface area contributed by atoms with Crippen LogP contribution in [0.2, 0.25) is 0 Å². The first-order chi connectivity index (χ1) is 8.72. The first kappa shape index (κ1) is 14.8. The molecule has 0 saturated heterocycles. The average molecular weight is 251 g/mol. The second kappa shape index (κ2) is 7.98. The van der Waals surface area contributed by atoms with Crippen molar-refractivity contribution >= 4 is 0 Å². The Morgan fingerprint density at radius 1 is 1.28 bits per heavy atom. The molecule has 0 bridgehead atoms. The summed E-state index contributed by atoms with van der Waals surface area (Å²) in [5, 5.41) is 3.24. The number of benzene rings is 1. The summed E-state index contributed by atoms with van der Waals surface area (Å²) >= 11 is 0. The number of ether oxygens (including phenoxy) is 2. The zero-order valence-corrected chi connectivity index (χ0v) is 12.0. The molecular formula is C15H25NO2. The third kappa shape index (κ3) is 4.22. The lowest BCUT2D eigenvalue weighted by Crippen LogP contribution is -2.14. The number of unbranched alkanes of at least 4 members (excludes halogenated alkanes) is 2. The average Bonchev–Trinajstić information content (AvgIpc) is 2.42. The van der Waals surface area contributed by atoms with Gasteiger partial charge in [0, 0.05) is 17.7 Å². The Balaban J connectivity index is 2.76. The Morgan fingerprint density at radius 2 is 2.06 bits per heavy atom. The summed E-state index contributed by atoms with van der Waals surface area (Å²) in [4.78, 5) is 0. The van der Waals surface area contributed by atoms with Crippen molar-refractivity contribution in [2.75, 3.05) is 20.8 Å². The highest BCUT2D eigenvalue weighted by Crippen LogP contribution is 2.29. The van der Waals surface area contributed by atoms with Gasteiger partial charge in [-0.15, -0.1) is 0 Å². The lowest BCUT2D eigenvalue weighted by molar-refractivity contribution is 0.298. The van der Waals surface area contributed by atoms with Crippen molar-refractivity contribution in [1.29, 1.82) is 0 Å². The Kier molecular flexibility index (Phi) is 6.58. The SMILES string of the molecule is CCCCCOc1cc(OC)ccc1C(C)NC. The van der Waals surface area contributed by atoms with Crippen molar-refractivity contribution in [3.05, 3.63) is 23.8 Å². The lowest BCUT2D eigenvalue weighted by Gasteiger charge is -2.17. The maximum Gasteiger partial charge on any atom is 0.127 e. The Labute approximate surface area is 110 Å². The van der Waals surface area contributed by atoms with Crippen LogP contribution in [0.4, 0.5) is 0 Å². The minimum atomic E-state index is 0.275. The van der Waals surface area contributed by atoms with Gasteiger partial charge in [-0.1, -0.05) is 25.8 Å². The third-order valence-corrected chi connectivity index (χ3v) is 3.13. The first-order valence-corrected chi connectivity index (χ1v) is 6.71. The molecule has 0 amide bonds. The smallest absolute Gasteiger partial charge is 0.127 e. The minimum absolute atomic E-state index is 0.275. The Hall–Kier alpha value is -1.22. The van der Waals surface area contributed by atoms with E-state index in [0.717, 1.165) is 24.5 Å². The fraction of sp³-hybridized carbons (Fsp3) is 0.600. The van der Waals surface area contributed by atoms with Crippen molar-refractivity contribution in [3.63, 3.8) is 0 Å². The van der Waals surface area contributed by atoms with Gasteiger partial charge in [-0.05, 0) is 26.5 Å². The second-order valence-electron chi connectivity index (χ2n) is 4.47. The Morgan fingerprint density at radius 3 is 2.67 bits per heavy atom. The van der Waals surface area contributed by atoms with Gasteiger partial charge in [0.25, 0.3) is 0 Å². The highest BCUT2D eigenvalue weighted by molar-refractivity contribution is 5.42. The fourth-order valence-electron chi connectivity index (χ4n) is 1.81. The summed E-state index contributed by atoms with van der Waals surface area (Å²) in [5.41, 5.74) is 1.18. The van der Waals surface area contributed by atoms with E-state index in [1.54, 1.807) is 7.11 Å². The fourth-order valence-corrected chi connectivity index (χ4v) is 1.81. The zero-order valence-electron chi connectivity index (χ0n) is 12.0. The maximum absolute atomic E-state index is 5.88. The topological polar surface area (TPSA) is 30.5 Å². The van der Waals surface area contributed by atoms with Crippen LogP contribution in [-0.4, -0.2) is 20.8 Å². The van der Waals surface area contributed by atoms with E-state index in [1.165, 1.54) is 18.4 Å². The van der Waals surface area contributed by atoms with Crippen molar-refractivity contribution in [2.24, 2.45) is 0 Å². The highest BCUT2D eigenvalue weighted by atomic mass is 16.5. The molecule has 18 heavy (non-hydrogen) atoms. The maximum atomic E-state index is 5.88. The standard InChI is InChI=1S/C15H25NO2/c1-5-6-7-10-18-15-11-13(17-4)8-9-14(15)12(2)16-3/h8-9,11-12,16H,5-7,10H2,1-4H3. The molecule has 1 N–H and O–H groups in total.